The van der Waals surface area contributed by atoms with Crippen molar-refractivity contribution in [3.63, 3.8) is 0 Å². The number of nitrogens with one attached hydrogen (secondary N) is 1. The fourth-order valence-electron chi connectivity index (χ4n) is 3.81. The molecule has 108 valence electrons. The number of benzene rings is 1. The second-order valence-corrected chi connectivity index (χ2v) is 6.57. The normalized spacial score (nSPS) is 31.6. The molecule has 2 bridgehead atoms. The highest BCUT2D eigenvalue weighted by Crippen LogP contribution is 2.48. The van der Waals surface area contributed by atoms with E-state index in [2.05, 4.69) is 5.32 Å². The van der Waals surface area contributed by atoms with Crippen LogP contribution in [-0.4, -0.2) is 23.7 Å². The van der Waals surface area contributed by atoms with Crippen LogP contribution in [0, 0.1) is 17.8 Å². The van der Waals surface area contributed by atoms with Crippen LogP contribution in [0.2, 0.25) is 10.0 Å². The summed E-state index contributed by atoms with van der Waals surface area (Å²) in [7, 11) is 0. The van der Waals surface area contributed by atoms with Gasteiger partial charge in [-0.05, 0) is 43.2 Å². The summed E-state index contributed by atoms with van der Waals surface area (Å²) < 4.78 is 0. The minimum atomic E-state index is -0.200. The van der Waals surface area contributed by atoms with Gasteiger partial charge < -0.3 is 10.4 Å². The molecule has 2 aliphatic carbocycles. The lowest BCUT2D eigenvalue weighted by Gasteiger charge is -2.30. The van der Waals surface area contributed by atoms with Crippen LogP contribution in [0.25, 0.3) is 0 Å². The highest BCUT2D eigenvalue weighted by Gasteiger charge is 2.47. The Morgan fingerprint density at radius 1 is 1.30 bits per heavy atom. The van der Waals surface area contributed by atoms with E-state index in [1.807, 2.05) is 0 Å². The van der Waals surface area contributed by atoms with Crippen molar-refractivity contribution in [2.24, 2.45) is 17.8 Å². The number of aliphatic hydroxyl groups is 1. The molecule has 1 amide bonds. The van der Waals surface area contributed by atoms with Gasteiger partial charge in [0.1, 0.15) is 0 Å². The Kier molecular flexibility index (Phi) is 3.93. The van der Waals surface area contributed by atoms with Gasteiger partial charge in [-0.15, -0.1) is 0 Å². The van der Waals surface area contributed by atoms with Gasteiger partial charge >= 0.3 is 0 Å². The van der Waals surface area contributed by atoms with E-state index in [9.17, 15) is 9.90 Å². The first-order valence-corrected chi connectivity index (χ1v) is 7.73. The van der Waals surface area contributed by atoms with Crippen molar-refractivity contribution in [2.45, 2.75) is 25.3 Å². The number of rotatable bonds is 3. The van der Waals surface area contributed by atoms with Gasteiger partial charge in [0, 0.05) is 18.6 Å². The lowest BCUT2D eigenvalue weighted by molar-refractivity contribution is 0.0861. The predicted octanol–water partition coefficient (Wildman–Crippen LogP) is 3.13. The number of carbonyl (C=O) groups is 1. The third kappa shape index (κ3) is 2.32. The number of halogens is 2. The second-order valence-electron chi connectivity index (χ2n) is 5.78. The molecule has 2 saturated carbocycles. The quantitative estimate of drug-likeness (QED) is 0.900. The van der Waals surface area contributed by atoms with E-state index in [1.165, 1.54) is 6.42 Å². The molecule has 2 fully saturated rings. The smallest absolute Gasteiger partial charge is 0.253 e. The zero-order chi connectivity index (χ0) is 14.3. The van der Waals surface area contributed by atoms with E-state index in [0.29, 0.717) is 22.4 Å². The van der Waals surface area contributed by atoms with Crippen molar-refractivity contribution in [1.29, 1.82) is 0 Å². The number of fused-ring (bicyclic) bond motifs is 2. The molecule has 0 aliphatic heterocycles. The van der Waals surface area contributed by atoms with E-state index in [0.717, 1.165) is 12.8 Å². The number of aliphatic hydroxyl groups excluding tert-OH is 1. The van der Waals surface area contributed by atoms with Crippen molar-refractivity contribution in [2.75, 3.05) is 6.61 Å². The third-order valence-electron chi connectivity index (χ3n) is 4.79. The zero-order valence-electron chi connectivity index (χ0n) is 11.0. The van der Waals surface area contributed by atoms with E-state index in [4.69, 9.17) is 23.2 Å². The predicted molar refractivity (Wildman–Crippen MR) is 79.1 cm³/mol. The van der Waals surface area contributed by atoms with Gasteiger partial charge in [0.15, 0.2) is 0 Å². The molecule has 5 heteroatoms. The van der Waals surface area contributed by atoms with Crippen molar-refractivity contribution in [3.8, 4) is 0 Å². The molecule has 2 N–H and O–H groups in total. The minimum absolute atomic E-state index is 0.0568. The summed E-state index contributed by atoms with van der Waals surface area (Å²) in [6.45, 7) is 0.134. The van der Waals surface area contributed by atoms with Crippen molar-refractivity contribution >= 4 is 29.1 Å². The largest absolute Gasteiger partial charge is 0.396 e. The second kappa shape index (κ2) is 5.55. The number of carbonyl (C=O) groups excluding carboxylic acids is 1. The highest BCUT2D eigenvalue weighted by atomic mass is 35.5. The summed E-state index contributed by atoms with van der Waals surface area (Å²) in [5, 5.41) is 13.3. The van der Waals surface area contributed by atoms with E-state index in [1.54, 1.807) is 18.2 Å². The lowest BCUT2D eigenvalue weighted by atomic mass is 9.85. The third-order valence-corrected chi connectivity index (χ3v) is 5.61. The highest BCUT2D eigenvalue weighted by molar-refractivity contribution is 6.43. The molecule has 0 spiro atoms. The summed E-state index contributed by atoms with van der Waals surface area (Å²) in [6.07, 6.45) is 3.41. The Hall–Kier alpha value is -0.770. The first-order valence-electron chi connectivity index (χ1n) is 6.97. The first kappa shape index (κ1) is 14.2. The van der Waals surface area contributed by atoms with E-state index < -0.39 is 0 Å². The van der Waals surface area contributed by atoms with Crippen LogP contribution >= 0.6 is 23.2 Å². The van der Waals surface area contributed by atoms with E-state index >= 15 is 0 Å². The molecule has 4 atom stereocenters. The SMILES string of the molecule is O=C(NC1C2CCC(C2)C1CO)c1cccc(Cl)c1Cl. The minimum Gasteiger partial charge on any atom is -0.396 e. The molecule has 4 unspecified atom stereocenters. The molecular formula is C15H17Cl2NO2. The summed E-state index contributed by atoms with van der Waals surface area (Å²) >= 11 is 12.0. The topological polar surface area (TPSA) is 49.3 Å². The Morgan fingerprint density at radius 3 is 2.80 bits per heavy atom. The lowest BCUT2D eigenvalue weighted by Crippen LogP contribution is -2.45. The summed E-state index contributed by atoms with van der Waals surface area (Å²) in [5.74, 6) is 1.01. The van der Waals surface area contributed by atoms with Crippen LogP contribution in [0.4, 0.5) is 0 Å². The molecule has 1 aromatic rings. The van der Waals surface area contributed by atoms with Crippen LogP contribution in [-0.2, 0) is 0 Å². The fraction of sp³-hybridized carbons (Fsp3) is 0.533. The average Bonchev–Trinajstić information content (AvgIpc) is 3.02. The van der Waals surface area contributed by atoms with Crippen molar-refractivity contribution in [3.05, 3.63) is 33.8 Å². The Bertz CT molecular complexity index is 535. The Labute approximate surface area is 128 Å². The van der Waals surface area contributed by atoms with Gasteiger partial charge in [-0.2, -0.15) is 0 Å². The van der Waals surface area contributed by atoms with Crippen molar-refractivity contribution in [1.82, 2.24) is 5.32 Å². The summed E-state index contributed by atoms with van der Waals surface area (Å²) in [6, 6.07) is 5.11. The molecule has 0 radical (unpaired) electrons. The number of hydrogen-bond donors (Lipinski definition) is 2. The summed E-state index contributed by atoms with van der Waals surface area (Å²) in [5.41, 5.74) is 0.402. The van der Waals surface area contributed by atoms with Gasteiger partial charge in [0.2, 0.25) is 0 Å². The van der Waals surface area contributed by atoms with Gasteiger partial charge in [0.05, 0.1) is 15.6 Å². The van der Waals surface area contributed by atoms with Gasteiger partial charge in [-0.25, -0.2) is 0 Å². The average molecular weight is 314 g/mol. The molecule has 0 heterocycles. The van der Waals surface area contributed by atoms with Crippen LogP contribution in [0.3, 0.4) is 0 Å². The molecule has 3 nitrogen and oxygen atoms in total. The molecule has 20 heavy (non-hydrogen) atoms. The molecule has 0 saturated heterocycles. The number of amides is 1. The maximum Gasteiger partial charge on any atom is 0.253 e. The van der Waals surface area contributed by atoms with Crippen LogP contribution in [0.1, 0.15) is 29.6 Å². The van der Waals surface area contributed by atoms with Crippen LogP contribution in [0.5, 0.6) is 0 Å². The fourth-order valence-corrected chi connectivity index (χ4v) is 4.19. The van der Waals surface area contributed by atoms with Gasteiger partial charge in [0.25, 0.3) is 5.91 Å². The maximum atomic E-state index is 12.4. The standard InChI is InChI=1S/C15H17Cl2NO2/c16-12-3-1-2-10(13(12)17)15(20)18-14-9-5-4-8(6-9)11(14)7-19/h1-3,8-9,11,14,19H,4-7H2,(H,18,20). The van der Waals surface area contributed by atoms with Gasteiger partial charge in [-0.3, -0.25) is 4.79 Å². The maximum absolute atomic E-state index is 12.4. The molecule has 1 aromatic carbocycles. The Morgan fingerprint density at radius 2 is 2.05 bits per heavy atom. The van der Waals surface area contributed by atoms with Crippen molar-refractivity contribution < 1.29 is 9.90 Å². The van der Waals surface area contributed by atoms with Crippen LogP contribution in [0.15, 0.2) is 18.2 Å². The number of hydrogen-bond acceptors (Lipinski definition) is 2. The first-order chi connectivity index (χ1) is 9.61. The zero-order valence-corrected chi connectivity index (χ0v) is 12.5. The molecule has 0 aromatic heterocycles. The summed E-state index contributed by atoms with van der Waals surface area (Å²) in [4.78, 5) is 12.4. The molecule has 2 aliphatic rings. The molecular weight excluding hydrogens is 297 g/mol. The van der Waals surface area contributed by atoms with Gasteiger partial charge in [-0.1, -0.05) is 29.3 Å². The van der Waals surface area contributed by atoms with Crippen LogP contribution < -0.4 is 5.32 Å². The Balaban J connectivity index is 1.77. The monoisotopic (exact) mass is 313 g/mol. The molecule has 3 rings (SSSR count). The van der Waals surface area contributed by atoms with E-state index in [-0.39, 0.29) is 29.5 Å².